The van der Waals surface area contributed by atoms with Crippen molar-refractivity contribution in [1.29, 1.82) is 0 Å². The highest BCUT2D eigenvalue weighted by atomic mass is 16.5. The molecule has 3 aliphatic rings. The largest absolute Gasteiger partial charge is 0.463 e. The Morgan fingerprint density at radius 3 is 2.60 bits per heavy atom. The van der Waals surface area contributed by atoms with Crippen LogP contribution in [0.15, 0.2) is 35.3 Å². The van der Waals surface area contributed by atoms with Gasteiger partial charge in [0.2, 0.25) is 5.95 Å². The maximum Gasteiger partial charge on any atom is 0.433 e. The third kappa shape index (κ3) is 5.92. The number of aliphatic imine (C=N–C) groups is 1. The molecule has 2 atom stereocenters. The SMILES string of the molecule is CC1CCC(Cn2c(N3CCOCC3c3ccccc3)nc3nc(C(N)=NC(=O)O)nc(NC(C)C4CCC4)c32)CC1. The zero-order valence-electron chi connectivity index (χ0n) is 24.6. The first-order valence-electron chi connectivity index (χ1n) is 15.4. The smallest absolute Gasteiger partial charge is 0.433 e. The van der Waals surface area contributed by atoms with Crippen LogP contribution in [0.4, 0.5) is 16.6 Å². The van der Waals surface area contributed by atoms with Crippen molar-refractivity contribution >= 4 is 34.9 Å². The number of aromatic nitrogens is 4. The van der Waals surface area contributed by atoms with Gasteiger partial charge in [-0.25, -0.2) is 14.8 Å². The summed E-state index contributed by atoms with van der Waals surface area (Å²) in [5.41, 5.74) is 8.58. The van der Waals surface area contributed by atoms with Crippen LogP contribution in [0.2, 0.25) is 0 Å². The zero-order valence-corrected chi connectivity index (χ0v) is 24.6. The van der Waals surface area contributed by atoms with Crippen molar-refractivity contribution in [2.24, 2.45) is 28.5 Å². The molecule has 1 amide bonds. The lowest BCUT2D eigenvalue weighted by Crippen LogP contribution is -2.41. The molecule has 4 N–H and O–H groups in total. The third-order valence-electron chi connectivity index (χ3n) is 9.40. The standard InChI is InChI=1S/C31H42N8O3/c1-19-11-13-21(14-12-19)17-39-25-27(33-20(2)22-9-6-10-22)35-29(26(32)34-31(40)41)36-28(25)37-30(39)38-15-16-42-18-24(38)23-7-4-3-5-8-23/h3-5,7-8,19-22,24H,6,9-18H2,1-2H3,(H2,32,34)(H,40,41)(H,33,35,36). The Labute approximate surface area is 246 Å². The van der Waals surface area contributed by atoms with Gasteiger partial charge in [-0.05, 0) is 55.9 Å². The molecule has 0 bridgehead atoms. The van der Waals surface area contributed by atoms with Crippen LogP contribution < -0.4 is 16.0 Å². The van der Waals surface area contributed by atoms with E-state index in [0.29, 0.717) is 43.1 Å². The highest BCUT2D eigenvalue weighted by Gasteiger charge is 2.33. The van der Waals surface area contributed by atoms with Gasteiger partial charge < -0.3 is 30.4 Å². The van der Waals surface area contributed by atoms with Crippen LogP contribution in [0.25, 0.3) is 11.2 Å². The van der Waals surface area contributed by atoms with Gasteiger partial charge >= 0.3 is 6.09 Å². The first-order valence-corrected chi connectivity index (χ1v) is 15.4. The summed E-state index contributed by atoms with van der Waals surface area (Å²) in [5.74, 6) is 3.12. The maximum absolute atomic E-state index is 11.3. The molecular weight excluding hydrogens is 532 g/mol. The normalized spacial score (nSPS) is 24.4. The van der Waals surface area contributed by atoms with E-state index in [9.17, 15) is 9.90 Å². The number of hydrogen-bond donors (Lipinski definition) is 3. The van der Waals surface area contributed by atoms with Gasteiger partial charge in [0.05, 0.1) is 19.3 Å². The molecule has 0 radical (unpaired) electrons. The van der Waals surface area contributed by atoms with E-state index in [1.165, 1.54) is 50.5 Å². The molecule has 2 aliphatic carbocycles. The van der Waals surface area contributed by atoms with E-state index in [2.05, 4.69) is 57.9 Å². The van der Waals surface area contributed by atoms with Crippen LogP contribution in [0, 0.1) is 17.8 Å². The fourth-order valence-electron chi connectivity index (χ4n) is 6.62. The molecular formula is C31H42N8O3. The van der Waals surface area contributed by atoms with Gasteiger partial charge in [0.1, 0.15) is 5.52 Å². The minimum absolute atomic E-state index is 0.00160. The Kier molecular flexibility index (Phi) is 8.28. The van der Waals surface area contributed by atoms with Gasteiger partial charge in [-0.15, -0.1) is 0 Å². The fourth-order valence-corrected chi connectivity index (χ4v) is 6.62. The lowest BCUT2D eigenvalue weighted by atomic mass is 9.80. The third-order valence-corrected chi connectivity index (χ3v) is 9.40. The highest BCUT2D eigenvalue weighted by Crippen LogP contribution is 2.38. The van der Waals surface area contributed by atoms with Crippen molar-refractivity contribution < 1.29 is 14.6 Å². The van der Waals surface area contributed by atoms with Crippen LogP contribution in [0.3, 0.4) is 0 Å². The van der Waals surface area contributed by atoms with Crippen LogP contribution in [0.5, 0.6) is 0 Å². The van der Waals surface area contributed by atoms with Crippen molar-refractivity contribution in [3.63, 3.8) is 0 Å². The monoisotopic (exact) mass is 574 g/mol. The van der Waals surface area contributed by atoms with E-state index in [1.54, 1.807) is 0 Å². The summed E-state index contributed by atoms with van der Waals surface area (Å²) in [4.78, 5) is 31.8. The Bertz CT molecular complexity index is 1430. The average molecular weight is 575 g/mol. The molecule has 2 aromatic heterocycles. The summed E-state index contributed by atoms with van der Waals surface area (Å²) in [6, 6.07) is 10.6. The summed E-state index contributed by atoms with van der Waals surface area (Å²) in [5, 5.41) is 12.9. The molecule has 3 fully saturated rings. The molecule has 42 heavy (non-hydrogen) atoms. The lowest BCUT2D eigenvalue weighted by molar-refractivity contribution is 0.0927. The van der Waals surface area contributed by atoms with Crippen LogP contribution in [0.1, 0.15) is 76.2 Å². The number of nitrogens with two attached hydrogens (primary N) is 1. The van der Waals surface area contributed by atoms with Gasteiger partial charge in [0.15, 0.2) is 23.1 Å². The second kappa shape index (κ2) is 12.2. The summed E-state index contributed by atoms with van der Waals surface area (Å²) in [6.45, 7) is 7.19. The van der Waals surface area contributed by atoms with Crippen LogP contribution >= 0.6 is 0 Å². The van der Waals surface area contributed by atoms with E-state index < -0.39 is 6.09 Å². The molecule has 11 nitrogen and oxygen atoms in total. The molecule has 0 spiro atoms. The van der Waals surface area contributed by atoms with E-state index in [-0.39, 0.29) is 23.7 Å². The quantitative estimate of drug-likeness (QED) is 0.244. The molecule has 11 heteroatoms. The summed E-state index contributed by atoms with van der Waals surface area (Å²) >= 11 is 0. The number of carbonyl (C=O) groups is 1. The molecule has 1 saturated heterocycles. The van der Waals surface area contributed by atoms with Gasteiger partial charge in [-0.1, -0.05) is 56.5 Å². The molecule has 2 saturated carbocycles. The molecule has 2 unspecified atom stereocenters. The second-order valence-corrected chi connectivity index (χ2v) is 12.3. The molecule has 3 aromatic rings. The number of imidazole rings is 1. The highest BCUT2D eigenvalue weighted by molar-refractivity contribution is 6.01. The second-order valence-electron chi connectivity index (χ2n) is 12.3. The van der Waals surface area contributed by atoms with Crippen molar-refractivity contribution in [2.75, 3.05) is 30.0 Å². The molecule has 224 valence electrons. The Balaban J connectivity index is 1.50. The number of anilines is 2. The Morgan fingerprint density at radius 2 is 1.90 bits per heavy atom. The predicted octanol–water partition coefficient (Wildman–Crippen LogP) is 5.21. The van der Waals surface area contributed by atoms with Gasteiger partial charge in [-0.3, -0.25) is 0 Å². The number of morpholine rings is 1. The first kappa shape index (κ1) is 28.4. The number of rotatable bonds is 8. The molecule has 6 rings (SSSR count). The molecule has 1 aromatic carbocycles. The summed E-state index contributed by atoms with van der Waals surface area (Å²) < 4.78 is 8.27. The fraction of sp³-hybridized carbons (Fsp3) is 0.581. The number of fused-ring (bicyclic) bond motifs is 1. The van der Waals surface area contributed by atoms with Crippen LogP contribution in [-0.2, 0) is 11.3 Å². The van der Waals surface area contributed by atoms with E-state index >= 15 is 0 Å². The number of hydrogen-bond acceptors (Lipinski definition) is 7. The number of amidine groups is 1. The number of nitrogens with zero attached hydrogens (tertiary/aromatic N) is 6. The van der Waals surface area contributed by atoms with Gasteiger partial charge in [0.25, 0.3) is 0 Å². The number of ether oxygens (including phenoxy) is 1. The topological polar surface area (TPSA) is 144 Å². The molecule has 3 heterocycles. The Morgan fingerprint density at radius 1 is 1.14 bits per heavy atom. The predicted molar refractivity (Wildman–Crippen MR) is 163 cm³/mol. The number of amides is 1. The van der Waals surface area contributed by atoms with Crippen molar-refractivity contribution in [1.82, 2.24) is 19.5 Å². The van der Waals surface area contributed by atoms with E-state index in [0.717, 1.165) is 23.9 Å². The molecule has 1 aliphatic heterocycles. The van der Waals surface area contributed by atoms with Crippen molar-refractivity contribution in [3.8, 4) is 0 Å². The number of benzene rings is 1. The minimum Gasteiger partial charge on any atom is -0.463 e. The average Bonchev–Trinajstić information content (AvgIpc) is 3.31. The lowest BCUT2D eigenvalue weighted by Gasteiger charge is -2.37. The number of nitrogens with one attached hydrogen (secondary N) is 1. The van der Waals surface area contributed by atoms with Crippen LogP contribution in [-0.4, -0.2) is 62.4 Å². The van der Waals surface area contributed by atoms with Crippen molar-refractivity contribution in [3.05, 3.63) is 41.7 Å². The number of carboxylic acid groups (broad SMARTS) is 1. The van der Waals surface area contributed by atoms with E-state index in [4.69, 9.17) is 25.4 Å². The summed E-state index contributed by atoms with van der Waals surface area (Å²) in [6.07, 6.45) is 7.00. The summed E-state index contributed by atoms with van der Waals surface area (Å²) in [7, 11) is 0. The maximum atomic E-state index is 11.3. The zero-order chi connectivity index (χ0) is 29.2. The minimum atomic E-state index is -1.38. The van der Waals surface area contributed by atoms with E-state index in [1.807, 2.05) is 6.07 Å². The Hall–Kier alpha value is -3.73. The van der Waals surface area contributed by atoms with Crippen molar-refractivity contribution in [2.45, 2.75) is 77.4 Å². The van der Waals surface area contributed by atoms with Gasteiger partial charge in [-0.2, -0.15) is 9.98 Å². The first-order chi connectivity index (χ1) is 20.4. The van der Waals surface area contributed by atoms with Gasteiger partial charge in [0, 0.05) is 19.1 Å².